The summed E-state index contributed by atoms with van der Waals surface area (Å²) >= 11 is 1.64. The molecule has 138 valence electrons. The number of hydrogen-bond acceptors (Lipinski definition) is 6. The van der Waals surface area contributed by atoms with E-state index in [0.29, 0.717) is 24.1 Å². The van der Waals surface area contributed by atoms with Crippen LogP contribution in [0.4, 0.5) is 0 Å². The molecule has 0 radical (unpaired) electrons. The van der Waals surface area contributed by atoms with Gasteiger partial charge >= 0.3 is 0 Å². The number of nitrogens with zero attached hydrogens (tertiary/aromatic N) is 2. The van der Waals surface area contributed by atoms with Gasteiger partial charge in [0.25, 0.3) is 5.91 Å². The highest BCUT2D eigenvalue weighted by molar-refractivity contribution is 7.99. The van der Waals surface area contributed by atoms with Gasteiger partial charge in [0.05, 0.1) is 24.8 Å². The number of amides is 1. The van der Waals surface area contributed by atoms with Crippen molar-refractivity contribution in [3.8, 4) is 0 Å². The Labute approximate surface area is 153 Å². The molecule has 0 saturated carbocycles. The Morgan fingerprint density at radius 2 is 2.24 bits per heavy atom. The van der Waals surface area contributed by atoms with Gasteiger partial charge in [-0.25, -0.2) is 4.98 Å². The summed E-state index contributed by atoms with van der Waals surface area (Å²) in [5.41, 5.74) is 0.675. The van der Waals surface area contributed by atoms with Gasteiger partial charge in [-0.15, -0.1) is 11.8 Å². The molecule has 25 heavy (non-hydrogen) atoms. The molecular weight excluding hydrogens is 338 g/mol. The lowest BCUT2D eigenvalue weighted by Crippen LogP contribution is -2.52. The second-order valence-corrected chi connectivity index (χ2v) is 7.65. The highest BCUT2D eigenvalue weighted by atomic mass is 32.2. The van der Waals surface area contributed by atoms with Crippen molar-refractivity contribution in [1.82, 2.24) is 15.2 Å². The number of thioether (sulfide) groups is 1. The normalized spacial score (nSPS) is 22.7. The predicted octanol–water partition coefficient (Wildman–Crippen LogP) is 1.66. The number of ether oxygens (including phenoxy) is 2. The summed E-state index contributed by atoms with van der Waals surface area (Å²) in [7, 11) is 0. The van der Waals surface area contributed by atoms with Crippen molar-refractivity contribution in [2.24, 2.45) is 5.92 Å². The second kappa shape index (κ2) is 9.52. The van der Waals surface area contributed by atoms with Gasteiger partial charge in [-0.05, 0) is 24.3 Å². The van der Waals surface area contributed by atoms with E-state index in [2.05, 4.69) is 22.1 Å². The average molecular weight is 365 g/mol. The van der Waals surface area contributed by atoms with E-state index in [1.165, 1.54) is 0 Å². The lowest BCUT2D eigenvalue weighted by atomic mass is 9.96. The Morgan fingerprint density at radius 1 is 1.40 bits per heavy atom. The van der Waals surface area contributed by atoms with Crippen LogP contribution in [0.2, 0.25) is 0 Å². The molecule has 1 aromatic rings. The molecule has 2 saturated heterocycles. The lowest BCUT2D eigenvalue weighted by Gasteiger charge is -2.37. The van der Waals surface area contributed by atoms with Crippen molar-refractivity contribution >= 4 is 17.7 Å². The summed E-state index contributed by atoms with van der Waals surface area (Å²) < 4.78 is 11.1. The third-order valence-corrected chi connectivity index (χ3v) is 5.59. The summed E-state index contributed by atoms with van der Waals surface area (Å²) in [6.07, 6.45) is 2.77. The van der Waals surface area contributed by atoms with E-state index >= 15 is 0 Å². The van der Waals surface area contributed by atoms with Crippen LogP contribution in [0.3, 0.4) is 0 Å². The van der Waals surface area contributed by atoms with Gasteiger partial charge in [0.15, 0.2) is 0 Å². The topological polar surface area (TPSA) is 63.7 Å². The minimum Gasteiger partial charge on any atom is -0.381 e. The minimum absolute atomic E-state index is 0.0301. The predicted molar refractivity (Wildman–Crippen MR) is 98.1 cm³/mol. The molecule has 0 aromatic carbocycles. The van der Waals surface area contributed by atoms with Gasteiger partial charge in [0, 0.05) is 50.0 Å². The zero-order chi connectivity index (χ0) is 17.5. The van der Waals surface area contributed by atoms with E-state index in [1.54, 1.807) is 24.0 Å². The van der Waals surface area contributed by atoms with Gasteiger partial charge in [0.2, 0.25) is 0 Å². The molecular formula is C18H27N3O3S. The largest absolute Gasteiger partial charge is 0.381 e. The summed E-state index contributed by atoms with van der Waals surface area (Å²) in [6.45, 7) is 7.69. The molecule has 0 spiro atoms. The van der Waals surface area contributed by atoms with Crippen LogP contribution in [0.25, 0.3) is 0 Å². The van der Waals surface area contributed by atoms with Crippen LogP contribution in [0.5, 0.6) is 0 Å². The first kappa shape index (κ1) is 18.6. The highest BCUT2D eigenvalue weighted by Crippen LogP contribution is 2.22. The summed E-state index contributed by atoms with van der Waals surface area (Å²) in [6, 6.07) is 3.95. The fourth-order valence-electron chi connectivity index (χ4n) is 3.44. The van der Waals surface area contributed by atoms with Gasteiger partial charge in [-0.3, -0.25) is 9.69 Å². The molecule has 2 aliphatic heterocycles. The van der Waals surface area contributed by atoms with Gasteiger partial charge < -0.3 is 14.8 Å². The molecule has 1 aromatic heterocycles. The number of aromatic nitrogens is 1. The SMILES string of the molecule is CCSc1cc(C(=O)NCC(C2CCOC2)N2CCOCC2)ccn1. The number of carbonyl (C=O) groups excluding carboxylic acids is 1. The number of rotatable bonds is 7. The third-order valence-electron chi connectivity index (χ3n) is 4.78. The molecule has 1 amide bonds. The van der Waals surface area contributed by atoms with Crippen LogP contribution < -0.4 is 5.32 Å². The van der Waals surface area contributed by atoms with Crippen LogP contribution in [-0.4, -0.2) is 73.6 Å². The monoisotopic (exact) mass is 365 g/mol. The molecule has 2 fully saturated rings. The van der Waals surface area contributed by atoms with E-state index in [1.807, 2.05) is 6.07 Å². The van der Waals surface area contributed by atoms with Gasteiger partial charge in [0.1, 0.15) is 0 Å². The van der Waals surface area contributed by atoms with Gasteiger partial charge in [-0.1, -0.05) is 6.92 Å². The van der Waals surface area contributed by atoms with E-state index < -0.39 is 0 Å². The molecule has 7 heteroatoms. The standard InChI is InChI=1S/C18H27N3O3S/c1-2-25-17-11-14(3-5-19-17)18(22)20-12-16(15-4-8-24-13-15)21-6-9-23-10-7-21/h3,5,11,15-16H,2,4,6-10,12-13H2,1H3,(H,20,22). The zero-order valence-electron chi connectivity index (χ0n) is 14.8. The molecule has 1 N–H and O–H groups in total. The van der Waals surface area contributed by atoms with Gasteiger partial charge in [-0.2, -0.15) is 0 Å². The van der Waals surface area contributed by atoms with Crippen molar-refractivity contribution < 1.29 is 14.3 Å². The van der Waals surface area contributed by atoms with Crippen molar-refractivity contribution in [2.75, 3.05) is 51.8 Å². The van der Waals surface area contributed by atoms with Crippen LogP contribution in [0, 0.1) is 5.92 Å². The highest BCUT2D eigenvalue weighted by Gasteiger charge is 2.31. The number of pyridine rings is 1. The maximum Gasteiger partial charge on any atom is 0.251 e. The quantitative estimate of drug-likeness (QED) is 0.742. The van der Waals surface area contributed by atoms with E-state index in [-0.39, 0.29) is 5.91 Å². The molecule has 0 aliphatic carbocycles. The first-order chi connectivity index (χ1) is 12.3. The van der Waals surface area contributed by atoms with Crippen molar-refractivity contribution in [3.05, 3.63) is 23.9 Å². The molecule has 3 rings (SSSR count). The lowest BCUT2D eigenvalue weighted by molar-refractivity contribution is 0.00166. The average Bonchev–Trinajstić information content (AvgIpc) is 3.18. The summed E-state index contributed by atoms with van der Waals surface area (Å²) in [5.74, 6) is 1.39. The second-order valence-electron chi connectivity index (χ2n) is 6.37. The van der Waals surface area contributed by atoms with Crippen LogP contribution in [0.15, 0.2) is 23.4 Å². The maximum absolute atomic E-state index is 12.6. The zero-order valence-corrected chi connectivity index (χ0v) is 15.6. The molecule has 6 nitrogen and oxygen atoms in total. The van der Waals surface area contributed by atoms with Crippen LogP contribution in [0.1, 0.15) is 23.7 Å². The summed E-state index contributed by atoms with van der Waals surface area (Å²) in [5, 5.41) is 4.02. The molecule has 0 bridgehead atoms. The Morgan fingerprint density at radius 3 is 2.96 bits per heavy atom. The Kier molecular flexibility index (Phi) is 7.10. The molecule has 3 heterocycles. The number of carbonyl (C=O) groups is 1. The van der Waals surface area contributed by atoms with E-state index in [0.717, 1.165) is 56.7 Å². The number of hydrogen-bond donors (Lipinski definition) is 1. The third kappa shape index (κ3) is 5.17. The fraction of sp³-hybridized carbons (Fsp3) is 0.667. The molecule has 2 unspecified atom stereocenters. The smallest absolute Gasteiger partial charge is 0.251 e. The van der Waals surface area contributed by atoms with E-state index in [9.17, 15) is 4.79 Å². The van der Waals surface area contributed by atoms with Crippen molar-refractivity contribution in [2.45, 2.75) is 24.4 Å². The Hall–Kier alpha value is -1.15. The van der Waals surface area contributed by atoms with E-state index in [4.69, 9.17) is 9.47 Å². The minimum atomic E-state index is -0.0301. The maximum atomic E-state index is 12.6. The van der Waals surface area contributed by atoms with Crippen LogP contribution in [-0.2, 0) is 9.47 Å². The number of nitrogens with one attached hydrogen (secondary N) is 1. The van der Waals surface area contributed by atoms with Crippen LogP contribution >= 0.6 is 11.8 Å². The first-order valence-electron chi connectivity index (χ1n) is 9.04. The van der Waals surface area contributed by atoms with Crippen molar-refractivity contribution in [1.29, 1.82) is 0 Å². The first-order valence-corrected chi connectivity index (χ1v) is 10.0. The van der Waals surface area contributed by atoms with Crippen molar-refractivity contribution in [3.63, 3.8) is 0 Å². The Bertz CT molecular complexity index is 560. The summed E-state index contributed by atoms with van der Waals surface area (Å²) in [4.78, 5) is 19.3. The molecule has 2 atom stereocenters. The number of morpholine rings is 1. The fourth-order valence-corrected chi connectivity index (χ4v) is 4.08. The Balaban J connectivity index is 1.61. The molecule has 2 aliphatic rings.